The van der Waals surface area contributed by atoms with Gasteiger partial charge in [0.1, 0.15) is 22.6 Å². The summed E-state index contributed by atoms with van der Waals surface area (Å²) in [5, 5.41) is 6.81. The largest absolute Gasteiger partial charge is 0.382 e. The Balaban J connectivity index is 1.61. The number of nitrogens with zero attached hydrogens (tertiary/aromatic N) is 3. The number of benzene rings is 1. The molecule has 1 aliphatic rings. The van der Waals surface area contributed by atoms with Crippen LogP contribution in [0.3, 0.4) is 0 Å². The lowest BCUT2D eigenvalue weighted by Gasteiger charge is -2.38. The zero-order valence-corrected chi connectivity index (χ0v) is 19.3. The maximum Gasteiger partial charge on any atom is 0.273 e. The Morgan fingerprint density at radius 2 is 1.94 bits per heavy atom. The summed E-state index contributed by atoms with van der Waals surface area (Å²) in [6, 6.07) is 5.75. The van der Waals surface area contributed by atoms with Gasteiger partial charge in [-0.05, 0) is 57.4 Å². The minimum Gasteiger partial charge on any atom is -0.382 e. The predicted octanol–water partition coefficient (Wildman–Crippen LogP) is 2.77. The number of rotatable bonds is 8. The van der Waals surface area contributed by atoms with E-state index >= 15 is 0 Å². The Kier molecular flexibility index (Phi) is 6.09. The fraction of sp³-hybridized carbons (Fsp3) is 0.318. The molecule has 0 radical (unpaired) electrons. The van der Waals surface area contributed by atoms with Crippen molar-refractivity contribution in [3.63, 3.8) is 0 Å². The highest BCUT2D eigenvalue weighted by Crippen LogP contribution is 2.36. The molecule has 5 N–H and O–H groups in total. The fourth-order valence-corrected chi connectivity index (χ4v) is 4.62. The van der Waals surface area contributed by atoms with Gasteiger partial charge in [-0.15, -0.1) is 0 Å². The Morgan fingerprint density at radius 1 is 1.26 bits per heavy atom. The third kappa shape index (κ3) is 4.49. The second-order valence-corrected chi connectivity index (χ2v) is 9.39. The van der Waals surface area contributed by atoms with Crippen LogP contribution < -0.4 is 21.7 Å². The molecule has 0 saturated heterocycles. The van der Waals surface area contributed by atoms with Crippen LogP contribution in [0.2, 0.25) is 0 Å². The molecule has 0 spiro atoms. The number of hydrogen-bond acceptors (Lipinski definition) is 9. The van der Waals surface area contributed by atoms with E-state index in [1.54, 1.807) is 6.92 Å². The first kappa shape index (κ1) is 23.4. The first-order chi connectivity index (χ1) is 16.1. The van der Waals surface area contributed by atoms with Crippen LogP contribution in [0.15, 0.2) is 34.9 Å². The lowest BCUT2D eigenvalue weighted by Crippen LogP contribution is -2.51. The molecule has 2 aromatic heterocycles. The molecule has 1 atom stereocenters. The number of carbonyl (C=O) groups excluding carboxylic acids is 3. The summed E-state index contributed by atoms with van der Waals surface area (Å²) in [5.74, 6) is -2.44. The summed E-state index contributed by atoms with van der Waals surface area (Å²) < 4.78 is 18.5. The molecular formula is C22H23FN6O4S. The molecule has 10 nitrogen and oxygen atoms in total. The number of halogens is 1. The van der Waals surface area contributed by atoms with E-state index in [4.69, 9.17) is 16.0 Å². The number of carbonyl (C=O) groups is 3. The number of primary amides is 1. The van der Waals surface area contributed by atoms with Crippen molar-refractivity contribution in [2.45, 2.75) is 44.7 Å². The molecule has 4 rings (SSSR count). The summed E-state index contributed by atoms with van der Waals surface area (Å²) >= 11 is 0.906. The van der Waals surface area contributed by atoms with Crippen LogP contribution in [0.25, 0.3) is 0 Å². The molecule has 0 aliphatic heterocycles. The second kappa shape index (κ2) is 8.86. The van der Waals surface area contributed by atoms with E-state index in [0.717, 1.165) is 30.6 Å². The summed E-state index contributed by atoms with van der Waals surface area (Å²) in [5.41, 5.74) is 11.6. The number of amides is 2. The highest BCUT2D eigenvalue weighted by molar-refractivity contribution is 7.18. The molecule has 34 heavy (non-hydrogen) atoms. The summed E-state index contributed by atoms with van der Waals surface area (Å²) in [6.07, 6.45) is 2.78. The molecule has 0 bridgehead atoms. The molecule has 3 aromatic rings. The lowest BCUT2D eigenvalue weighted by molar-refractivity contribution is -0.118. The second-order valence-electron chi connectivity index (χ2n) is 8.41. The molecule has 1 aliphatic carbocycles. The normalized spacial score (nSPS) is 15.3. The summed E-state index contributed by atoms with van der Waals surface area (Å²) in [7, 11) is 0. The average molecular weight is 487 g/mol. The number of anilines is 3. The van der Waals surface area contributed by atoms with Gasteiger partial charge in [-0.25, -0.2) is 9.37 Å². The van der Waals surface area contributed by atoms with Gasteiger partial charge in [-0.2, -0.15) is 0 Å². The number of nitrogens with one attached hydrogen (secondary N) is 1. The van der Waals surface area contributed by atoms with Gasteiger partial charge in [0, 0.05) is 17.3 Å². The lowest BCUT2D eigenvalue weighted by atomic mass is 9.78. The van der Waals surface area contributed by atoms with Gasteiger partial charge in [0.2, 0.25) is 17.5 Å². The van der Waals surface area contributed by atoms with E-state index in [1.807, 2.05) is 6.92 Å². The van der Waals surface area contributed by atoms with Crippen LogP contribution in [0.5, 0.6) is 0 Å². The number of aromatic nitrogens is 2. The van der Waals surface area contributed by atoms with Crippen molar-refractivity contribution >= 4 is 45.6 Å². The Labute approximate surface area is 198 Å². The third-order valence-electron chi connectivity index (χ3n) is 5.80. The molecule has 2 amide bonds. The van der Waals surface area contributed by atoms with Crippen LogP contribution in [-0.4, -0.2) is 39.3 Å². The maximum atomic E-state index is 13.4. The van der Waals surface area contributed by atoms with Crippen LogP contribution in [0.1, 0.15) is 59.0 Å². The fourth-order valence-electron chi connectivity index (χ4n) is 3.59. The van der Waals surface area contributed by atoms with Crippen molar-refractivity contribution in [3.05, 3.63) is 52.5 Å². The van der Waals surface area contributed by atoms with Gasteiger partial charge < -0.3 is 26.2 Å². The number of thiazole rings is 1. The van der Waals surface area contributed by atoms with Crippen LogP contribution in [-0.2, 0) is 4.79 Å². The molecule has 1 saturated carbocycles. The van der Waals surface area contributed by atoms with Crippen LogP contribution in [0, 0.1) is 5.82 Å². The summed E-state index contributed by atoms with van der Waals surface area (Å²) in [6.45, 7) is 3.49. The highest BCUT2D eigenvalue weighted by atomic mass is 32.1. The highest BCUT2D eigenvalue weighted by Gasteiger charge is 2.35. The van der Waals surface area contributed by atoms with Crippen molar-refractivity contribution in [1.82, 2.24) is 15.5 Å². The van der Waals surface area contributed by atoms with Crippen molar-refractivity contribution in [2.75, 3.05) is 10.6 Å². The van der Waals surface area contributed by atoms with Gasteiger partial charge in [0.05, 0.1) is 0 Å². The molecular weight excluding hydrogens is 463 g/mol. The van der Waals surface area contributed by atoms with Gasteiger partial charge in [0.25, 0.3) is 5.91 Å². The van der Waals surface area contributed by atoms with Crippen LogP contribution in [0.4, 0.5) is 21.0 Å². The van der Waals surface area contributed by atoms with E-state index in [9.17, 15) is 18.8 Å². The van der Waals surface area contributed by atoms with E-state index in [-0.39, 0.29) is 32.8 Å². The topological polar surface area (TPSA) is 157 Å². The van der Waals surface area contributed by atoms with Crippen LogP contribution >= 0.6 is 11.3 Å². The number of nitrogens with two attached hydrogens (primary N) is 2. The summed E-state index contributed by atoms with van der Waals surface area (Å²) in [4.78, 5) is 43.1. The zero-order chi connectivity index (χ0) is 24.6. The van der Waals surface area contributed by atoms with Gasteiger partial charge in [-0.1, -0.05) is 16.5 Å². The van der Waals surface area contributed by atoms with Crippen molar-refractivity contribution in [1.29, 1.82) is 0 Å². The van der Waals surface area contributed by atoms with Crippen molar-refractivity contribution in [3.8, 4) is 0 Å². The molecule has 1 fully saturated rings. The standard InChI is InChI=1S/C22H23FN6O4S/c1-11(19(25)31)29(13-6-4-12(23)5-7-13)21-26-18(24)17(34-21)16(30)15-10-14(28-33-15)20(32)27-22(2)8-3-9-22/h4-7,10-11H,3,8-9,24H2,1-2H3,(H2,25,31)(H,27,32). The number of ketones is 1. The van der Waals surface area contributed by atoms with Gasteiger partial charge in [-0.3, -0.25) is 14.4 Å². The number of hydrogen-bond donors (Lipinski definition) is 3. The Morgan fingerprint density at radius 3 is 2.53 bits per heavy atom. The Hall–Kier alpha value is -3.80. The minimum absolute atomic E-state index is 0.0184. The first-order valence-corrected chi connectivity index (χ1v) is 11.3. The molecule has 1 unspecified atom stereocenters. The average Bonchev–Trinajstić information content (AvgIpc) is 3.41. The monoisotopic (exact) mass is 486 g/mol. The quantitative estimate of drug-likeness (QED) is 0.410. The number of nitrogen functional groups attached to an aromatic ring is 1. The van der Waals surface area contributed by atoms with Gasteiger partial charge in [0.15, 0.2) is 10.8 Å². The van der Waals surface area contributed by atoms with Crippen molar-refractivity contribution < 1.29 is 23.3 Å². The smallest absolute Gasteiger partial charge is 0.273 e. The van der Waals surface area contributed by atoms with E-state index < -0.39 is 29.5 Å². The van der Waals surface area contributed by atoms with Crippen molar-refractivity contribution in [2.24, 2.45) is 5.73 Å². The van der Waals surface area contributed by atoms with E-state index in [2.05, 4.69) is 15.5 Å². The van der Waals surface area contributed by atoms with E-state index in [1.165, 1.54) is 35.2 Å². The zero-order valence-electron chi connectivity index (χ0n) is 18.5. The third-order valence-corrected chi connectivity index (χ3v) is 6.87. The van der Waals surface area contributed by atoms with Gasteiger partial charge >= 0.3 is 0 Å². The molecule has 178 valence electrons. The minimum atomic E-state index is -0.868. The Bertz CT molecular complexity index is 1250. The first-order valence-electron chi connectivity index (χ1n) is 10.5. The predicted molar refractivity (Wildman–Crippen MR) is 123 cm³/mol. The van der Waals surface area contributed by atoms with E-state index in [0.29, 0.717) is 5.69 Å². The molecule has 12 heteroatoms. The molecule has 1 aromatic carbocycles. The maximum absolute atomic E-state index is 13.4. The molecule has 2 heterocycles. The SMILES string of the molecule is CC(C(N)=O)N(c1ccc(F)cc1)c1nc(N)c(C(=O)c2cc(C(=O)NC3(C)CCC3)no2)s1.